The Labute approximate surface area is 158 Å². The molecule has 1 heterocycles. The van der Waals surface area contributed by atoms with Gasteiger partial charge in [-0.2, -0.15) is 0 Å². The summed E-state index contributed by atoms with van der Waals surface area (Å²) in [6.45, 7) is 7.68. The summed E-state index contributed by atoms with van der Waals surface area (Å²) < 4.78 is 0. The standard InChI is InChI=1S/C20H26N2O5/c1-5-6-9-22-18(26)14-8-7-13(10-15(14)19(22)27)17(25)21-20(4,12(2)3)11-16(23)24/h7-8,10,12H,5-6,9,11H2,1-4H3,(H,21,25)(H,23,24). The summed E-state index contributed by atoms with van der Waals surface area (Å²) in [4.78, 5) is 49.9. The molecular formula is C20H26N2O5. The van der Waals surface area contributed by atoms with Crippen LogP contribution in [0.2, 0.25) is 0 Å². The molecule has 2 N–H and O–H groups in total. The van der Waals surface area contributed by atoms with Gasteiger partial charge in [-0.3, -0.25) is 24.1 Å². The molecule has 0 saturated carbocycles. The number of carboxylic acids is 1. The lowest BCUT2D eigenvalue weighted by Gasteiger charge is -2.33. The van der Waals surface area contributed by atoms with Crippen molar-refractivity contribution >= 4 is 23.7 Å². The number of unbranched alkanes of at least 4 members (excludes halogenated alkanes) is 1. The Hall–Kier alpha value is -2.70. The van der Waals surface area contributed by atoms with Gasteiger partial charge in [0.2, 0.25) is 0 Å². The summed E-state index contributed by atoms with van der Waals surface area (Å²) in [7, 11) is 0. The van der Waals surface area contributed by atoms with Crippen LogP contribution in [0.4, 0.5) is 0 Å². The summed E-state index contributed by atoms with van der Waals surface area (Å²) >= 11 is 0. The summed E-state index contributed by atoms with van der Waals surface area (Å²) in [5.41, 5.74) is -0.197. The number of amides is 3. The second-order valence-corrected chi connectivity index (χ2v) is 7.47. The first kappa shape index (κ1) is 20.6. The molecule has 0 bridgehead atoms. The predicted molar refractivity (Wildman–Crippen MR) is 99.7 cm³/mol. The van der Waals surface area contributed by atoms with Crippen molar-refractivity contribution in [3.63, 3.8) is 0 Å². The quantitative estimate of drug-likeness (QED) is 0.681. The Kier molecular flexibility index (Phi) is 6.03. The molecule has 1 unspecified atom stereocenters. The minimum absolute atomic E-state index is 0.111. The second kappa shape index (κ2) is 7.90. The Morgan fingerprint density at radius 2 is 1.81 bits per heavy atom. The van der Waals surface area contributed by atoms with Crippen molar-refractivity contribution in [2.45, 2.75) is 52.5 Å². The molecule has 27 heavy (non-hydrogen) atoms. The third-order valence-electron chi connectivity index (χ3n) is 5.16. The molecule has 1 aromatic rings. The van der Waals surface area contributed by atoms with Crippen molar-refractivity contribution in [3.05, 3.63) is 34.9 Å². The van der Waals surface area contributed by atoms with E-state index in [1.807, 2.05) is 20.8 Å². The highest BCUT2D eigenvalue weighted by Gasteiger charge is 2.37. The van der Waals surface area contributed by atoms with Gasteiger partial charge in [-0.05, 0) is 37.5 Å². The number of hydrogen-bond acceptors (Lipinski definition) is 4. The third kappa shape index (κ3) is 4.18. The van der Waals surface area contributed by atoms with Crippen molar-refractivity contribution in [3.8, 4) is 0 Å². The molecule has 0 fully saturated rings. The first-order valence-electron chi connectivity index (χ1n) is 9.15. The lowest BCUT2D eigenvalue weighted by atomic mass is 9.85. The van der Waals surface area contributed by atoms with E-state index >= 15 is 0 Å². The first-order chi connectivity index (χ1) is 12.6. The topological polar surface area (TPSA) is 104 Å². The largest absolute Gasteiger partial charge is 0.481 e. The Morgan fingerprint density at radius 3 is 2.37 bits per heavy atom. The number of fused-ring (bicyclic) bond motifs is 1. The molecule has 0 aromatic heterocycles. The maximum Gasteiger partial charge on any atom is 0.305 e. The zero-order valence-electron chi connectivity index (χ0n) is 16.2. The molecule has 0 saturated heterocycles. The van der Waals surface area contributed by atoms with Crippen LogP contribution in [-0.4, -0.2) is 45.8 Å². The molecule has 2 rings (SSSR count). The van der Waals surface area contributed by atoms with Gasteiger partial charge < -0.3 is 10.4 Å². The van der Waals surface area contributed by atoms with Gasteiger partial charge in [0.15, 0.2) is 0 Å². The van der Waals surface area contributed by atoms with E-state index in [-0.39, 0.29) is 29.4 Å². The number of nitrogens with one attached hydrogen (secondary N) is 1. The Bertz CT molecular complexity index is 787. The average Bonchev–Trinajstić information content (AvgIpc) is 2.82. The maximum atomic E-state index is 12.7. The maximum absolute atomic E-state index is 12.7. The molecule has 1 aromatic carbocycles. The summed E-state index contributed by atoms with van der Waals surface area (Å²) in [5.74, 6) is -2.32. The van der Waals surface area contributed by atoms with E-state index in [1.165, 1.54) is 23.1 Å². The van der Waals surface area contributed by atoms with E-state index in [0.717, 1.165) is 12.8 Å². The fourth-order valence-electron chi connectivity index (χ4n) is 2.99. The van der Waals surface area contributed by atoms with Crippen LogP contribution in [0.3, 0.4) is 0 Å². The number of carbonyl (C=O) groups is 4. The number of rotatable bonds is 8. The van der Waals surface area contributed by atoms with Gasteiger partial charge in [-0.1, -0.05) is 27.2 Å². The summed E-state index contributed by atoms with van der Waals surface area (Å²) in [6.07, 6.45) is 1.36. The van der Waals surface area contributed by atoms with Gasteiger partial charge >= 0.3 is 5.97 Å². The van der Waals surface area contributed by atoms with Gasteiger partial charge in [0.25, 0.3) is 17.7 Å². The van der Waals surface area contributed by atoms with Gasteiger partial charge in [0.1, 0.15) is 0 Å². The molecule has 1 atom stereocenters. The van der Waals surface area contributed by atoms with E-state index in [9.17, 15) is 19.2 Å². The fourth-order valence-corrected chi connectivity index (χ4v) is 2.99. The van der Waals surface area contributed by atoms with Crippen molar-refractivity contribution in [2.75, 3.05) is 6.54 Å². The zero-order chi connectivity index (χ0) is 20.4. The molecule has 7 nitrogen and oxygen atoms in total. The van der Waals surface area contributed by atoms with Crippen molar-refractivity contribution < 1.29 is 24.3 Å². The molecule has 0 spiro atoms. The lowest BCUT2D eigenvalue weighted by molar-refractivity contribution is -0.138. The molecule has 3 amide bonds. The monoisotopic (exact) mass is 374 g/mol. The zero-order valence-corrected chi connectivity index (χ0v) is 16.2. The van der Waals surface area contributed by atoms with Gasteiger partial charge in [0, 0.05) is 12.1 Å². The number of benzene rings is 1. The smallest absolute Gasteiger partial charge is 0.305 e. The molecule has 0 radical (unpaired) electrons. The molecule has 146 valence electrons. The Morgan fingerprint density at radius 1 is 1.19 bits per heavy atom. The number of carbonyl (C=O) groups excluding carboxylic acids is 3. The third-order valence-corrected chi connectivity index (χ3v) is 5.16. The van der Waals surface area contributed by atoms with E-state index in [0.29, 0.717) is 12.1 Å². The van der Waals surface area contributed by atoms with Crippen LogP contribution in [-0.2, 0) is 4.79 Å². The lowest BCUT2D eigenvalue weighted by Crippen LogP contribution is -2.51. The number of nitrogens with zero attached hydrogens (tertiary/aromatic N) is 1. The fraction of sp³-hybridized carbons (Fsp3) is 0.500. The molecule has 1 aliphatic rings. The van der Waals surface area contributed by atoms with Crippen molar-refractivity contribution in [1.82, 2.24) is 10.2 Å². The summed E-state index contributed by atoms with van der Waals surface area (Å²) in [5, 5.41) is 11.9. The van der Waals surface area contributed by atoms with E-state index in [4.69, 9.17) is 5.11 Å². The normalized spacial score (nSPS) is 15.7. The van der Waals surface area contributed by atoms with Crippen LogP contribution < -0.4 is 5.32 Å². The highest BCUT2D eigenvalue weighted by molar-refractivity contribution is 6.22. The highest BCUT2D eigenvalue weighted by atomic mass is 16.4. The molecule has 7 heteroatoms. The second-order valence-electron chi connectivity index (χ2n) is 7.47. The first-order valence-corrected chi connectivity index (χ1v) is 9.15. The van der Waals surface area contributed by atoms with Crippen LogP contribution in [0.1, 0.15) is 78.0 Å². The van der Waals surface area contributed by atoms with Crippen LogP contribution in [0, 0.1) is 5.92 Å². The van der Waals surface area contributed by atoms with E-state index < -0.39 is 23.3 Å². The van der Waals surface area contributed by atoms with Crippen molar-refractivity contribution in [2.24, 2.45) is 5.92 Å². The molecule has 1 aliphatic heterocycles. The summed E-state index contributed by atoms with van der Waals surface area (Å²) in [6, 6.07) is 4.39. The number of imide groups is 1. The Balaban J connectivity index is 2.26. The van der Waals surface area contributed by atoms with Crippen LogP contribution >= 0.6 is 0 Å². The molecular weight excluding hydrogens is 348 g/mol. The van der Waals surface area contributed by atoms with E-state index in [2.05, 4.69) is 5.32 Å². The SMILES string of the molecule is CCCCN1C(=O)c2ccc(C(=O)NC(C)(CC(=O)O)C(C)C)cc2C1=O. The minimum Gasteiger partial charge on any atom is -0.481 e. The number of aliphatic carboxylic acids is 1. The number of carboxylic acid groups (broad SMARTS) is 1. The van der Waals surface area contributed by atoms with Crippen LogP contribution in [0.5, 0.6) is 0 Å². The van der Waals surface area contributed by atoms with Crippen LogP contribution in [0.15, 0.2) is 18.2 Å². The predicted octanol–water partition coefficient (Wildman–Crippen LogP) is 2.70. The minimum atomic E-state index is -1.01. The van der Waals surface area contributed by atoms with Crippen LogP contribution in [0.25, 0.3) is 0 Å². The van der Waals surface area contributed by atoms with E-state index in [1.54, 1.807) is 6.92 Å². The van der Waals surface area contributed by atoms with Gasteiger partial charge in [0.05, 0.1) is 23.1 Å². The molecule has 0 aliphatic carbocycles. The number of hydrogen-bond donors (Lipinski definition) is 2. The van der Waals surface area contributed by atoms with Gasteiger partial charge in [-0.15, -0.1) is 0 Å². The van der Waals surface area contributed by atoms with Crippen molar-refractivity contribution in [1.29, 1.82) is 0 Å². The van der Waals surface area contributed by atoms with Gasteiger partial charge in [-0.25, -0.2) is 0 Å². The average molecular weight is 374 g/mol. The highest BCUT2D eigenvalue weighted by Crippen LogP contribution is 2.26.